The maximum atomic E-state index is 12.3. The van der Waals surface area contributed by atoms with Gasteiger partial charge in [-0.25, -0.2) is 13.1 Å². The van der Waals surface area contributed by atoms with Crippen molar-refractivity contribution >= 4 is 33.0 Å². The molecule has 2 rings (SSSR count). The number of benzene rings is 1. The highest BCUT2D eigenvalue weighted by Crippen LogP contribution is 2.27. The molecule has 1 aromatic heterocycles. The zero-order chi connectivity index (χ0) is 16.2. The number of ether oxygens (including phenoxy) is 1. The minimum atomic E-state index is -3.65. The van der Waals surface area contributed by atoms with Gasteiger partial charge in [0.2, 0.25) is 15.9 Å². The summed E-state index contributed by atoms with van der Waals surface area (Å²) in [6, 6.07) is 8.01. The van der Waals surface area contributed by atoms with Crippen LogP contribution in [0, 0.1) is 0 Å². The molecule has 0 unspecified atom stereocenters. The molecule has 0 saturated carbocycles. The molecule has 1 heterocycles. The number of nitrogens with one attached hydrogen (secondary N) is 2. The molecular weight excluding hydrogens is 324 g/mol. The van der Waals surface area contributed by atoms with Crippen LogP contribution in [0.25, 0.3) is 0 Å². The number of methoxy groups -OCH3 is 1. The summed E-state index contributed by atoms with van der Waals surface area (Å²) in [5.41, 5.74) is 0.423. The van der Waals surface area contributed by atoms with Gasteiger partial charge in [-0.15, -0.1) is 11.3 Å². The predicted molar refractivity (Wildman–Crippen MR) is 85.6 cm³/mol. The van der Waals surface area contributed by atoms with E-state index in [1.165, 1.54) is 43.6 Å². The number of sulfonamides is 1. The van der Waals surface area contributed by atoms with Crippen molar-refractivity contribution in [2.75, 3.05) is 12.4 Å². The van der Waals surface area contributed by atoms with Crippen LogP contribution in [0.5, 0.6) is 5.75 Å². The molecule has 1 amide bonds. The third-order valence-electron chi connectivity index (χ3n) is 2.81. The molecule has 0 fully saturated rings. The third kappa shape index (κ3) is 4.06. The van der Waals surface area contributed by atoms with Gasteiger partial charge in [0.05, 0.1) is 17.7 Å². The number of hydrogen-bond acceptors (Lipinski definition) is 5. The molecule has 0 aliphatic carbocycles. The van der Waals surface area contributed by atoms with Crippen molar-refractivity contribution in [3.8, 4) is 5.75 Å². The monoisotopic (exact) mass is 340 g/mol. The van der Waals surface area contributed by atoms with E-state index in [1.807, 2.05) is 17.5 Å². The van der Waals surface area contributed by atoms with Crippen molar-refractivity contribution in [3.05, 3.63) is 40.6 Å². The normalized spacial score (nSPS) is 11.2. The van der Waals surface area contributed by atoms with E-state index in [0.717, 1.165) is 4.88 Å². The standard InChI is InChI=1S/C14H16N2O4S2/c1-10(17)16-13-6-5-12(8-14(13)20-2)22(18,19)15-9-11-4-3-7-21-11/h3-8,15H,9H2,1-2H3,(H,16,17). The molecular formula is C14H16N2O4S2. The SMILES string of the molecule is COc1cc(S(=O)(=O)NCc2cccs2)ccc1NC(C)=O. The van der Waals surface area contributed by atoms with E-state index in [-0.39, 0.29) is 23.1 Å². The predicted octanol–water partition coefficient (Wildman–Crippen LogP) is 2.19. The lowest BCUT2D eigenvalue weighted by molar-refractivity contribution is -0.114. The van der Waals surface area contributed by atoms with E-state index in [1.54, 1.807) is 0 Å². The Morgan fingerprint density at radius 2 is 2.09 bits per heavy atom. The Kier molecular flexibility index (Phi) is 5.17. The summed E-state index contributed by atoms with van der Waals surface area (Å²) >= 11 is 1.48. The fourth-order valence-corrected chi connectivity index (χ4v) is 3.55. The van der Waals surface area contributed by atoms with Crippen molar-refractivity contribution in [2.45, 2.75) is 18.4 Å². The van der Waals surface area contributed by atoms with Crippen molar-refractivity contribution in [1.29, 1.82) is 0 Å². The van der Waals surface area contributed by atoms with Crippen LogP contribution < -0.4 is 14.8 Å². The molecule has 0 radical (unpaired) electrons. The van der Waals surface area contributed by atoms with Gasteiger partial charge in [-0.1, -0.05) is 6.07 Å². The highest BCUT2D eigenvalue weighted by Gasteiger charge is 2.17. The molecule has 6 nitrogen and oxygen atoms in total. The maximum absolute atomic E-state index is 12.3. The van der Waals surface area contributed by atoms with Gasteiger partial charge in [0.1, 0.15) is 5.75 Å². The smallest absolute Gasteiger partial charge is 0.241 e. The van der Waals surface area contributed by atoms with E-state index in [4.69, 9.17) is 4.74 Å². The van der Waals surface area contributed by atoms with Crippen molar-refractivity contribution in [3.63, 3.8) is 0 Å². The van der Waals surface area contributed by atoms with Crippen LogP contribution in [-0.4, -0.2) is 21.4 Å². The minimum absolute atomic E-state index is 0.0787. The van der Waals surface area contributed by atoms with Crippen molar-refractivity contribution in [1.82, 2.24) is 4.72 Å². The quantitative estimate of drug-likeness (QED) is 0.844. The van der Waals surface area contributed by atoms with E-state index < -0.39 is 10.0 Å². The molecule has 22 heavy (non-hydrogen) atoms. The van der Waals surface area contributed by atoms with Gasteiger partial charge in [0.25, 0.3) is 0 Å². The molecule has 0 aliphatic heterocycles. The van der Waals surface area contributed by atoms with Gasteiger partial charge in [0.15, 0.2) is 0 Å². The first-order chi connectivity index (χ1) is 10.4. The summed E-state index contributed by atoms with van der Waals surface area (Å²) in [6.45, 7) is 1.60. The van der Waals surface area contributed by atoms with Gasteiger partial charge in [-0.3, -0.25) is 4.79 Å². The number of amides is 1. The first-order valence-electron chi connectivity index (χ1n) is 6.40. The van der Waals surface area contributed by atoms with E-state index in [0.29, 0.717) is 5.69 Å². The van der Waals surface area contributed by atoms with Crippen LogP contribution in [0.1, 0.15) is 11.8 Å². The second-order valence-corrected chi connectivity index (χ2v) is 7.25. The molecule has 2 aromatic rings. The third-order valence-corrected chi connectivity index (χ3v) is 5.09. The Balaban J connectivity index is 2.21. The lowest BCUT2D eigenvalue weighted by Crippen LogP contribution is -2.23. The summed E-state index contributed by atoms with van der Waals surface area (Å²) in [4.78, 5) is 12.1. The molecule has 0 saturated heterocycles. The lowest BCUT2D eigenvalue weighted by atomic mass is 10.3. The Hall–Kier alpha value is -1.90. The Morgan fingerprint density at radius 3 is 2.68 bits per heavy atom. The first-order valence-corrected chi connectivity index (χ1v) is 8.76. The van der Waals surface area contributed by atoms with Crippen molar-refractivity contribution in [2.24, 2.45) is 0 Å². The van der Waals surface area contributed by atoms with E-state index in [9.17, 15) is 13.2 Å². The summed E-state index contributed by atoms with van der Waals surface area (Å²) in [5, 5.41) is 4.46. The van der Waals surface area contributed by atoms with Crippen LogP contribution >= 0.6 is 11.3 Å². The maximum Gasteiger partial charge on any atom is 0.241 e. The summed E-state index contributed by atoms with van der Waals surface area (Å²) in [7, 11) is -2.24. The number of thiophene rings is 1. The molecule has 0 bridgehead atoms. The summed E-state index contributed by atoms with van der Waals surface area (Å²) in [5.74, 6) is 0.0268. The number of carbonyl (C=O) groups is 1. The molecule has 8 heteroatoms. The van der Waals surface area contributed by atoms with Crippen LogP contribution in [0.2, 0.25) is 0 Å². The summed E-state index contributed by atoms with van der Waals surface area (Å²) in [6.07, 6.45) is 0. The molecule has 1 aromatic carbocycles. The highest BCUT2D eigenvalue weighted by atomic mass is 32.2. The van der Waals surface area contributed by atoms with Gasteiger partial charge in [-0.2, -0.15) is 0 Å². The van der Waals surface area contributed by atoms with Crippen LogP contribution in [0.15, 0.2) is 40.6 Å². The average Bonchev–Trinajstić information content (AvgIpc) is 2.98. The number of carbonyl (C=O) groups excluding carboxylic acids is 1. The second-order valence-electron chi connectivity index (χ2n) is 4.45. The lowest BCUT2D eigenvalue weighted by Gasteiger charge is -2.11. The topological polar surface area (TPSA) is 84.5 Å². The number of anilines is 1. The number of hydrogen-bond donors (Lipinski definition) is 2. The van der Waals surface area contributed by atoms with Crippen molar-refractivity contribution < 1.29 is 17.9 Å². The van der Waals surface area contributed by atoms with E-state index >= 15 is 0 Å². The van der Waals surface area contributed by atoms with Crippen LogP contribution in [0.3, 0.4) is 0 Å². The Morgan fingerprint density at radius 1 is 1.32 bits per heavy atom. The highest BCUT2D eigenvalue weighted by molar-refractivity contribution is 7.89. The molecule has 0 aliphatic rings. The first kappa shape index (κ1) is 16.5. The largest absolute Gasteiger partial charge is 0.495 e. The van der Waals surface area contributed by atoms with Gasteiger partial charge in [0, 0.05) is 24.4 Å². The van der Waals surface area contributed by atoms with Crippen LogP contribution in [-0.2, 0) is 21.4 Å². The second kappa shape index (κ2) is 6.91. The van der Waals surface area contributed by atoms with E-state index in [2.05, 4.69) is 10.0 Å². The molecule has 2 N–H and O–H groups in total. The fraction of sp³-hybridized carbons (Fsp3) is 0.214. The summed E-state index contributed by atoms with van der Waals surface area (Å²) < 4.78 is 32.2. The molecule has 0 spiro atoms. The van der Waals surface area contributed by atoms with Gasteiger partial charge in [-0.05, 0) is 23.6 Å². The van der Waals surface area contributed by atoms with Crippen LogP contribution in [0.4, 0.5) is 5.69 Å². The Bertz CT molecular complexity index is 755. The Labute approximate surface area is 133 Å². The van der Waals surface area contributed by atoms with Gasteiger partial charge >= 0.3 is 0 Å². The zero-order valence-electron chi connectivity index (χ0n) is 12.1. The average molecular weight is 340 g/mol. The number of rotatable bonds is 6. The zero-order valence-corrected chi connectivity index (χ0v) is 13.8. The minimum Gasteiger partial charge on any atom is -0.495 e. The molecule has 118 valence electrons. The fourth-order valence-electron chi connectivity index (χ4n) is 1.79. The van der Waals surface area contributed by atoms with Gasteiger partial charge < -0.3 is 10.1 Å². The molecule has 0 atom stereocenters.